The fourth-order valence-corrected chi connectivity index (χ4v) is 2.41. The summed E-state index contributed by atoms with van der Waals surface area (Å²) in [6.45, 7) is 4.42. The van der Waals surface area contributed by atoms with Crippen LogP contribution in [0, 0.1) is 5.82 Å². The molecular formula is C14H18FNO2. The first-order valence-corrected chi connectivity index (χ1v) is 6.36. The second-order valence-electron chi connectivity index (χ2n) is 4.46. The van der Waals surface area contributed by atoms with Crippen molar-refractivity contribution in [1.82, 2.24) is 0 Å². The van der Waals surface area contributed by atoms with Crippen molar-refractivity contribution in [3.8, 4) is 0 Å². The van der Waals surface area contributed by atoms with Gasteiger partial charge in [-0.25, -0.2) is 4.39 Å². The largest absolute Gasteiger partial charge is 0.378 e. The van der Waals surface area contributed by atoms with Crippen molar-refractivity contribution in [2.24, 2.45) is 0 Å². The second-order valence-corrected chi connectivity index (χ2v) is 4.46. The van der Waals surface area contributed by atoms with Gasteiger partial charge < -0.3 is 9.64 Å². The van der Waals surface area contributed by atoms with Crippen molar-refractivity contribution in [2.75, 3.05) is 24.6 Å². The molecule has 0 unspecified atom stereocenters. The van der Waals surface area contributed by atoms with Crippen LogP contribution in [0.1, 0.15) is 30.1 Å². The van der Waals surface area contributed by atoms with E-state index < -0.39 is 0 Å². The Bertz CT molecular complexity index is 414. The summed E-state index contributed by atoms with van der Waals surface area (Å²) in [6, 6.07) is 4.37. The Morgan fingerprint density at radius 1 is 1.44 bits per heavy atom. The molecule has 0 aliphatic carbocycles. The third-order valence-corrected chi connectivity index (χ3v) is 3.30. The van der Waals surface area contributed by atoms with Crippen molar-refractivity contribution in [1.29, 1.82) is 0 Å². The number of rotatable bonds is 4. The van der Waals surface area contributed by atoms with Crippen LogP contribution in [-0.4, -0.2) is 32.1 Å². The van der Waals surface area contributed by atoms with Crippen LogP contribution in [0.15, 0.2) is 18.2 Å². The number of aldehydes is 1. The maximum absolute atomic E-state index is 13.1. The lowest BCUT2D eigenvalue weighted by molar-refractivity contribution is 0.0459. The average Bonchev–Trinajstić information content (AvgIpc) is 2.40. The zero-order valence-corrected chi connectivity index (χ0v) is 10.6. The molecular weight excluding hydrogens is 233 g/mol. The van der Waals surface area contributed by atoms with Crippen molar-refractivity contribution in [2.45, 2.75) is 25.9 Å². The first-order chi connectivity index (χ1) is 8.74. The van der Waals surface area contributed by atoms with E-state index in [0.29, 0.717) is 18.0 Å². The summed E-state index contributed by atoms with van der Waals surface area (Å²) in [6.07, 6.45) is 2.92. The van der Waals surface area contributed by atoms with Crippen molar-refractivity contribution >= 4 is 12.0 Å². The van der Waals surface area contributed by atoms with E-state index in [-0.39, 0.29) is 5.82 Å². The molecule has 0 saturated carbocycles. The van der Waals surface area contributed by atoms with Crippen LogP contribution >= 0.6 is 0 Å². The van der Waals surface area contributed by atoms with Gasteiger partial charge in [-0.1, -0.05) is 0 Å². The number of hydrogen-bond donors (Lipinski definition) is 0. The molecule has 98 valence electrons. The van der Waals surface area contributed by atoms with E-state index in [9.17, 15) is 9.18 Å². The van der Waals surface area contributed by atoms with Gasteiger partial charge in [0, 0.05) is 30.9 Å². The lowest BCUT2D eigenvalue weighted by Gasteiger charge is -2.34. The van der Waals surface area contributed by atoms with Crippen LogP contribution < -0.4 is 4.90 Å². The Balaban J connectivity index is 2.07. The Hall–Kier alpha value is -1.42. The highest BCUT2D eigenvalue weighted by atomic mass is 19.1. The van der Waals surface area contributed by atoms with Crippen molar-refractivity contribution in [3.05, 3.63) is 29.6 Å². The van der Waals surface area contributed by atoms with Crippen LogP contribution in [-0.2, 0) is 4.74 Å². The number of anilines is 1. The van der Waals surface area contributed by atoms with Crippen molar-refractivity contribution < 1.29 is 13.9 Å². The number of carbonyl (C=O) groups is 1. The highest BCUT2D eigenvalue weighted by Gasteiger charge is 2.21. The summed E-state index contributed by atoms with van der Waals surface area (Å²) < 4.78 is 18.7. The van der Waals surface area contributed by atoms with E-state index >= 15 is 0 Å². The van der Waals surface area contributed by atoms with Gasteiger partial charge in [0.15, 0.2) is 6.29 Å². The summed E-state index contributed by atoms with van der Waals surface area (Å²) in [5.74, 6) is -0.370. The van der Waals surface area contributed by atoms with Gasteiger partial charge >= 0.3 is 0 Å². The van der Waals surface area contributed by atoms with Gasteiger partial charge in [0.05, 0.1) is 6.10 Å². The van der Waals surface area contributed by atoms with Gasteiger partial charge in [-0.15, -0.1) is 0 Å². The molecule has 0 spiro atoms. The zero-order chi connectivity index (χ0) is 13.0. The van der Waals surface area contributed by atoms with Gasteiger partial charge in [-0.2, -0.15) is 0 Å². The molecule has 1 aliphatic heterocycles. The highest BCUT2D eigenvalue weighted by Crippen LogP contribution is 2.24. The first kappa shape index (κ1) is 13.0. The van der Waals surface area contributed by atoms with E-state index in [1.54, 1.807) is 6.07 Å². The summed E-state index contributed by atoms with van der Waals surface area (Å²) >= 11 is 0. The molecule has 18 heavy (non-hydrogen) atoms. The Kier molecular flexibility index (Phi) is 4.31. The molecule has 0 aromatic heterocycles. The van der Waals surface area contributed by atoms with Gasteiger partial charge in [-0.05, 0) is 38.0 Å². The fourth-order valence-electron chi connectivity index (χ4n) is 2.41. The number of piperidine rings is 1. The molecule has 0 radical (unpaired) electrons. The van der Waals surface area contributed by atoms with Crippen LogP contribution in [0.3, 0.4) is 0 Å². The molecule has 4 heteroatoms. The molecule has 1 fully saturated rings. The van der Waals surface area contributed by atoms with Crippen molar-refractivity contribution in [3.63, 3.8) is 0 Å². The third-order valence-electron chi connectivity index (χ3n) is 3.30. The average molecular weight is 251 g/mol. The lowest BCUT2D eigenvalue weighted by atomic mass is 10.1. The predicted octanol–water partition coefficient (Wildman–Crippen LogP) is 2.64. The van der Waals surface area contributed by atoms with Crippen LogP contribution in [0.5, 0.6) is 0 Å². The second kappa shape index (κ2) is 5.96. The third kappa shape index (κ3) is 2.88. The number of hydrogen-bond acceptors (Lipinski definition) is 3. The van der Waals surface area contributed by atoms with E-state index in [2.05, 4.69) is 4.90 Å². The number of ether oxygens (including phenoxy) is 1. The number of carbonyl (C=O) groups excluding carboxylic acids is 1. The topological polar surface area (TPSA) is 29.5 Å². The molecule has 3 nitrogen and oxygen atoms in total. The Labute approximate surface area is 107 Å². The predicted molar refractivity (Wildman–Crippen MR) is 68.6 cm³/mol. The molecule has 1 aromatic carbocycles. The quantitative estimate of drug-likeness (QED) is 0.770. The van der Waals surface area contributed by atoms with E-state index in [1.165, 1.54) is 12.1 Å². The van der Waals surface area contributed by atoms with E-state index in [0.717, 1.165) is 38.2 Å². The molecule has 1 saturated heterocycles. The van der Waals surface area contributed by atoms with Crippen LogP contribution in [0.4, 0.5) is 10.1 Å². The molecule has 0 atom stereocenters. The fraction of sp³-hybridized carbons (Fsp3) is 0.500. The highest BCUT2D eigenvalue weighted by molar-refractivity contribution is 5.84. The first-order valence-electron chi connectivity index (χ1n) is 6.36. The van der Waals surface area contributed by atoms with Crippen LogP contribution in [0.25, 0.3) is 0 Å². The molecule has 1 aliphatic rings. The summed E-state index contributed by atoms with van der Waals surface area (Å²) in [7, 11) is 0. The minimum absolute atomic E-state index is 0.311. The SMILES string of the molecule is CCOC1CCN(c2ccc(F)cc2C=O)CC1. The number of benzene rings is 1. The molecule has 2 rings (SSSR count). The normalized spacial score (nSPS) is 16.9. The standard InChI is InChI=1S/C14H18FNO2/c1-2-18-13-5-7-16(8-6-13)14-4-3-12(15)9-11(14)10-17/h3-4,9-10,13H,2,5-8H2,1H3. The summed E-state index contributed by atoms with van der Waals surface area (Å²) in [5, 5.41) is 0. The summed E-state index contributed by atoms with van der Waals surface area (Å²) in [5.41, 5.74) is 1.24. The molecule has 1 heterocycles. The van der Waals surface area contributed by atoms with Gasteiger partial charge in [0.1, 0.15) is 5.82 Å². The molecule has 0 bridgehead atoms. The van der Waals surface area contributed by atoms with Gasteiger partial charge in [-0.3, -0.25) is 4.79 Å². The maximum atomic E-state index is 13.1. The molecule has 1 aromatic rings. The molecule has 0 N–H and O–H groups in total. The monoisotopic (exact) mass is 251 g/mol. The smallest absolute Gasteiger partial charge is 0.152 e. The van der Waals surface area contributed by atoms with Gasteiger partial charge in [0.25, 0.3) is 0 Å². The number of nitrogens with zero attached hydrogens (tertiary/aromatic N) is 1. The summed E-state index contributed by atoms with van der Waals surface area (Å²) in [4.78, 5) is 13.1. The van der Waals surface area contributed by atoms with Crippen LogP contribution in [0.2, 0.25) is 0 Å². The Morgan fingerprint density at radius 2 is 2.17 bits per heavy atom. The van der Waals surface area contributed by atoms with E-state index in [1.807, 2.05) is 6.92 Å². The number of halogens is 1. The zero-order valence-electron chi connectivity index (χ0n) is 10.6. The molecule has 0 amide bonds. The lowest BCUT2D eigenvalue weighted by Crippen LogP contribution is -2.37. The minimum Gasteiger partial charge on any atom is -0.378 e. The maximum Gasteiger partial charge on any atom is 0.152 e. The van der Waals surface area contributed by atoms with Gasteiger partial charge in [0.2, 0.25) is 0 Å². The Morgan fingerprint density at radius 3 is 2.78 bits per heavy atom. The van der Waals surface area contributed by atoms with E-state index in [4.69, 9.17) is 4.74 Å². The minimum atomic E-state index is -0.370.